The molecule has 0 amide bonds. The van der Waals surface area contributed by atoms with E-state index in [0.29, 0.717) is 6.42 Å². The van der Waals surface area contributed by atoms with Crippen molar-refractivity contribution in [1.82, 2.24) is 0 Å². The highest BCUT2D eigenvalue weighted by molar-refractivity contribution is 6.01. The fourth-order valence-electron chi connectivity index (χ4n) is 7.08. The summed E-state index contributed by atoms with van der Waals surface area (Å²) in [5.41, 5.74) is -0.265. The lowest BCUT2D eigenvalue weighted by Gasteiger charge is -2.53. The van der Waals surface area contributed by atoms with Crippen LogP contribution < -0.4 is 0 Å². The Hall–Kier alpha value is -1.52. The number of aliphatic hydroxyl groups is 2. The third kappa shape index (κ3) is 2.25. The largest absolute Gasteiger partial charge is 0.388 e. The highest BCUT2D eigenvalue weighted by Gasteiger charge is 2.68. The van der Waals surface area contributed by atoms with E-state index in [0.717, 1.165) is 32.1 Å². The molecule has 0 bridgehead atoms. The highest BCUT2D eigenvalue weighted by Crippen LogP contribution is 2.66. The average molecular weight is 385 g/mol. The van der Waals surface area contributed by atoms with Crippen molar-refractivity contribution >= 4 is 11.6 Å². The number of carbonyl (C=O) groups is 2. The van der Waals surface area contributed by atoms with Gasteiger partial charge in [-0.3, -0.25) is 9.59 Å². The smallest absolute Gasteiger partial charge is 0.190 e. The second-order valence-corrected chi connectivity index (χ2v) is 9.64. The first kappa shape index (κ1) is 19.8. The van der Waals surface area contributed by atoms with Gasteiger partial charge in [-0.25, -0.2) is 0 Å². The molecule has 152 valence electrons. The van der Waals surface area contributed by atoms with Crippen molar-refractivity contribution in [3.8, 4) is 0 Å². The number of aliphatic hydroxyl groups excluding tert-OH is 1. The van der Waals surface area contributed by atoms with Gasteiger partial charge in [0.2, 0.25) is 0 Å². The van der Waals surface area contributed by atoms with E-state index >= 15 is 0 Å². The normalized spacial score (nSPS) is 44.3. The minimum Gasteiger partial charge on any atom is -0.388 e. The molecular weight excluding hydrogens is 352 g/mol. The van der Waals surface area contributed by atoms with Crippen molar-refractivity contribution in [2.45, 2.75) is 64.9 Å². The molecule has 6 atom stereocenters. The molecule has 0 spiro atoms. The quantitative estimate of drug-likeness (QED) is 0.727. The Balaban J connectivity index is 1.80. The first-order valence-electron chi connectivity index (χ1n) is 10.7. The van der Waals surface area contributed by atoms with Crippen molar-refractivity contribution < 1.29 is 19.8 Å². The first-order chi connectivity index (χ1) is 13.2. The molecule has 28 heavy (non-hydrogen) atoms. The Labute approximate surface area is 167 Å². The lowest BCUT2D eigenvalue weighted by atomic mass is 9.50. The third-order valence-electron chi connectivity index (χ3n) is 8.64. The lowest BCUT2D eigenvalue weighted by molar-refractivity contribution is -0.163. The van der Waals surface area contributed by atoms with E-state index in [9.17, 15) is 19.8 Å². The average Bonchev–Trinajstić information content (AvgIpc) is 2.91. The standard InChI is InChI=1S/C24H32O4/c1-4-6-16-13-19-17-10-9-15-7-5-8-20(26)23(15,3)18(17)11-12-22(19,2)24(16,28)21(27)14-25/h5,7-8,11,16-17,19,25,28H,4,6,9-10,12-14H2,1-3H3/t16-,17?,19?,22+,23+,24+/m1/s1. The molecular formula is C24H32O4. The monoisotopic (exact) mass is 384 g/mol. The molecule has 0 heterocycles. The Morgan fingerprint density at radius 3 is 2.75 bits per heavy atom. The summed E-state index contributed by atoms with van der Waals surface area (Å²) >= 11 is 0. The Bertz CT molecular complexity index is 805. The number of rotatable bonds is 4. The maximum atomic E-state index is 12.9. The van der Waals surface area contributed by atoms with Crippen LogP contribution in [0.5, 0.6) is 0 Å². The van der Waals surface area contributed by atoms with Crippen LogP contribution in [0.25, 0.3) is 0 Å². The molecule has 2 saturated carbocycles. The number of hydrogen-bond acceptors (Lipinski definition) is 4. The van der Waals surface area contributed by atoms with Gasteiger partial charge in [0.25, 0.3) is 0 Å². The van der Waals surface area contributed by atoms with Gasteiger partial charge in [0.1, 0.15) is 12.2 Å². The topological polar surface area (TPSA) is 74.6 Å². The van der Waals surface area contributed by atoms with Crippen LogP contribution in [-0.4, -0.2) is 34.0 Å². The van der Waals surface area contributed by atoms with Gasteiger partial charge in [-0.1, -0.05) is 49.6 Å². The molecule has 0 aromatic carbocycles. The van der Waals surface area contributed by atoms with Crippen LogP contribution in [0.4, 0.5) is 0 Å². The summed E-state index contributed by atoms with van der Waals surface area (Å²) < 4.78 is 0. The van der Waals surface area contributed by atoms with Gasteiger partial charge in [-0.2, -0.15) is 0 Å². The zero-order valence-corrected chi connectivity index (χ0v) is 17.2. The van der Waals surface area contributed by atoms with Gasteiger partial charge in [0.15, 0.2) is 11.6 Å². The predicted molar refractivity (Wildman–Crippen MR) is 107 cm³/mol. The first-order valence-corrected chi connectivity index (χ1v) is 10.7. The molecule has 4 rings (SSSR count). The summed E-state index contributed by atoms with van der Waals surface area (Å²) in [6.45, 7) is 5.54. The van der Waals surface area contributed by atoms with Crippen molar-refractivity contribution in [2.24, 2.45) is 28.6 Å². The van der Waals surface area contributed by atoms with E-state index in [4.69, 9.17) is 0 Å². The van der Waals surface area contributed by atoms with Crippen LogP contribution in [-0.2, 0) is 9.59 Å². The summed E-state index contributed by atoms with van der Waals surface area (Å²) in [6, 6.07) is 0. The van der Waals surface area contributed by atoms with Crippen LogP contribution in [0.1, 0.15) is 59.3 Å². The molecule has 0 radical (unpaired) electrons. The number of Topliss-reactive ketones (excluding diaryl/α,β-unsaturated/α-hetero) is 1. The molecule has 4 nitrogen and oxygen atoms in total. The molecule has 2 unspecified atom stereocenters. The lowest BCUT2D eigenvalue weighted by Crippen LogP contribution is -2.58. The fraction of sp³-hybridized carbons (Fsp3) is 0.667. The van der Waals surface area contributed by atoms with Gasteiger partial charge < -0.3 is 10.2 Å². The molecule has 4 heteroatoms. The van der Waals surface area contributed by atoms with E-state index in [1.165, 1.54) is 11.1 Å². The van der Waals surface area contributed by atoms with E-state index in [2.05, 4.69) is 26.0 Å². The Morgan fingerprint density at radius 2 is 2.07 bits per heavy atom. The van der Waals surface area contributed by atoms with E-state index in [1.54, 1.807) is 6.08 Å². The maximum Gasteiger partial charge on any atom is 0.190 e. The minimum absolute atomic E-state index is 0.133. The van der Waals surface area contributed by atoms with E-state index in [1.807, 2.05) is 13.0 Å². The summed E-state index contributed by atoms with van der Waals surface area (Å²) in [6.07, 6.45) is 12.7. The second-order valence-electron chi connectivity index (χ2n) is 9.64. The zero-order chi connectivity index (χ0) is 20.3. The molecule has 2 N–H and O–H groups in total. The van der Waals surface area contributed by atoms with Crippen molar-refractivity contribution in [3.05, 3.63) is 35.5 Å². The zero-order valence-electron chi connectivity index (χ0n) is 17.2. The predicted octanol–water partition coefficient (Wildman–Crippen LogP) is 3.53. The number of hydrogen-bond donors (Lipinski definition) is 2. The fourth-order valence-corrected chi connectivity index (χ4v) is 7.08. The number of carbonyl (C=O) groups excluding carboxylic acids is 2. The van der Waals surface area contributed by atoms with Crippen LogP contribution in [0.2, 0.25) is 0 Å². The molecule has 4 aliphatic rings. The highest BCUT2D eigenvalue weighted by atomic mass is 16.3. The van der Waals surface area contributed by atoms with Crippen LogP contribution >= 0.6 is 0 Å². The van der Waals surface area contributed by atoms with Gasteiger partial charge in [-0.05, 0) is 62.9 Å². The molecule has 0 aliphatic heterocycles. The minimum atomic E-state index is -1.49. The van der Waals surface area contributed by atoms with Crippen molar-refractivity contribution in [1.29, 1.82) is 0 Å². The molecule has 0 aromatic rings. The van der Waals surface area contributed by atoms with Gasteiger partial charge in [0, 0.05) is 5.41 Å². The summed E-state index contributed by atoms with van der Waals surface area (Å²) in [7, 11) is 0. The Kier molecular flexibility index (Phi) is 4.59. The van der Waals surface area contributed by atoms with Crippen LogP contribution in [0.15, 0.2) is 35.5 Å². The molecule has 0 aromatic heterocycles. The van der Waals surface area contributed by atoms with Crippen molar-refractivity contribution in [2.75, 3.05) is 6.61 Å². The van der Waals surface area contributed by atoms with E-state index < -0.39 is 28.8 Å². The van der Waals surface area contributed by atoms with Crippen LogP contribution in [0.3, 0.4) is 0 Å². The Morgan fingerprint density at radius 1 is 1.32 bits per heavy atom. The van der Waals surface area contributed by atoms with Gasteiger partial charge in [0.05, 0.1) is 5.41 Å². The van der Waals surface area contributed by atoms with Crippen LogP contribution in [0, 0.1) is 28.6 Å². The number of ketones is 2. The summed E-state index contributed by atoms with van der Waals surface area (Å²) in [5.74, 6) is -0.0640. The van der Waals surface area contributed by atoms with Crippen molar-refractivity contribution in [3.63, 3.8) is 0 Å². The number of fused-ring (bicyclic) bond motifs is 5. The molecule has 0 saturated heterocycles. The maximum absolute atomic E-state index is 12.9. The summed E-state index contributed by atoms with van der Waals surface area (Å²) in [5, 5.41) is 21.3. The second kappa shape index (κ2) is 6.50. The van der Waals surface area contributed by atoms with E-state index in [-0.39, 0.29) is 23.5 Å². The van der Waals surface area contributed by atoms with Gasteiger partial charge in [-0.15, -0.1) is 0 Å². The van der Waals surface area contributed by atoms with Gasteiger partial charge >= 0.3 is 0 Å². The number of allylic oxidation sites excluding steroid dienone is 6. The SMILES string of the molecule is CCC[C@@H]1CC2C3CCC4=CC=CC(=O)[C@]4(C)C3=CC[C@]2(C)[C@@]1(O)C(=O)CO. The molecule has 2 fully saturated rings. The summed E-state index contributed by atoms with van der Waals surface area (Å²) in [4.78, 5) is 25.7. The third-order valence-corrected chi connectivity index (χ3v) is 8.64. The molecule has 4 aliphatic carbocycles.